The van der Waals surface area contributed by atoms with E-state index < -0.39 is 5.92 Å². The van der Waals surface area contributed by atoms with Crippen LogP contribution in [0.3, 0.4) is 0 Å². The van der Waals surface area contributed by atoms with Crippen LogP contribution in [-0.2, 0) is 27.2 Å². The van der Waals surface area contributed by atoms with Crippen LogP contribution in [0.25, 0.3) is 10.9 Å². The predicted octanol–water partition coefficient (Wildman–Crippen LogP) is 2.03. The summed E-state index contributed by atoms with van der Waals surface area (Å²) in [5, 5.41) is 6.75. The topological polar surface area (TPSA) is 128 Å². The van der Waals surface area contributed by atoms with Crippen LogP contribution < -0.4 is 10.6 Å². The van der Waals surface area contributed by atoms with Gasteiger partial charge in [0.05, 0.1) is 18.9 Å². The van der Waals surface area contributed by atoms with Crippen molar-refractivity contribution in [2.75, 3.05) is 39.8 Å². The van der Waals surface area contributed by atoms with Crippen molar-refractivity contribution in [1.29, 1.82) is 0 Å². The molecule has 3 N–H and O–H groups in total. The number of benzene rings is 1. The second-order valence-corrected chi connectivity index (χ2v) is 11.0. The zero-order chi connectivity index (χ0) is 28.4. The number of fused-ring (bicyclic) bond motifs is 2. The number of H-pyrrole nitrogens is 1. The van der Waals surface area contributed by atoms with Gasteiger partial charge in [-0.15, -0.1) is 0 Å². The van der Waals surface area contributed by atoms with Crippen molar-refractivity contribution in [3.05, 3.63) is 64.6 Å². The van der Waals surface area contributed by atoms with E-state index in [2.05, 4.69) is 20.6 Å². The molecular formula is C29H33ClN6O4. The van der Waals surface area contributed by atoms with Crippen molar-refractivity contribution < 1.29 is 19.2 Å². The average Bonchev–Trinajstić information content (AvgIpc) is 3.58. The molecule has 2 aliphatic heterocycles. The Bertz CT molecular complexity index is 1440. The number of halogens is 1. The normalized spacial score (nSPS) is 20.3. The number of amides is 4. The molecule has 2 aromatic heterocycles. The summed E-state index contributed by atoms with van der Waals surface area (Å²) in [6.45, 7) is 3.37. The molecule has 0 aliphatic carbocycles. The van der Waals surface area contributed by atoms with Crippen molar-refractivity contribution in [3.63, 3.8) is 0 Å². The fraction of sp³-hybridized carbons (Fsp3) is 0.414. The molecular weight excluding hydrogens is 532 g/mol. The third kappa shape index (κ3) is 5.67. The van der Waals surface area contributed by atoms with Gasteiger partial charge in [0.2, 0.25) is 17.7 Å². The van der Waals surface area contributed by atoms with Crippen molar-refractivity contribution in [3.8, 4) is 0 Å². The third-order valence-corrected chi connectivity index (χ3v) is 8.32. The zero-order valence-corrected chi connectivity index (χ0v) is 23.3. The van der Waals surface area contributed by atoms with E-state index >= 15 is 0 Å². The maximum absolute atomic E-state index is 13.5. The van der Waals surface area contributed by atoms with Crippen molar-refractivity contribution >= 4 is 46.1 Å². The quantitative estimate of drug-likeness (QED) is 0.405. The molecule has 11 heteroatoms. The number of hydrogen-bond donors (Lipinski definition) is 3. The molecule has 210 valence electrons. The van der Waals surface area contributed by atoms with Crippen molar-refractivity contribution in [2.24, 2.45) is 17.8 Å². The number of nitrogens with one attached hydrogen (secondary N) is 3. The van der Waals surface area contributed by atoms with Crippen LogP contribution >= 0.6 is 11.6 Å². The van der Waals surface area contributed by atoms with Gasteiger partial charge >= 0.3 is 0 Å². The number of aromatic nitrogens is 2. The molecule has 3 unspecified atom stereocenters. The number of pyridine rings is 1. The summed E-state index contributed by atoms with van der Waals surface area (Å²) in [5.41, 5.74) is 3.12. The molecule has 0 spiro atoms. The molecule has 0 radical (unpaired) electrons. The van der Waals surface area contributed by atoms with E-state index in [4.69, 9.17) is 11.6 Å². The first kappa shape index (κ1) is 27.6. The predicted molar refractivity (Wildman–Crippen MR) is 151 cm³/mol. The van der Waals surface area contributed by atoms with Crippen LogP contribution in [-0.4, -0.2) is 83.2 Å². The number of carbonyl (C=O) groups excluding carboxylic acids is 4. The SMILES string of the molecule is CCc1ccc(C(=O)N2CC3CN(C(=O)Cc4c[nH]c5cc(Cl)ccc45)CC(C(=O)NCC(=O)NC)C3C2)nc1. The summed E-state index contributed by atoms with van der Waals surface area (Å²) in [6.07, 6.45) is 4.52. The van der Waals surface area contributed by atoms with Gasteiger partial charge in [0.15, 0.2) is 0 Å². The van der Waals surface area contributed by atoms with Gasteiger partial charge in [-0.3, -0.25) is 24.2 Å². The van der Waals surface area contributed by atoms with Gasteiger partial charge in [-0.25, -0.2) is 0 Å². The number of hydrogen-bond acceptors (Lipinski definition) is 5. The lowest BCUT2D eigenvalue weighted by molar-refractivity contribution is -0.139. The third-order valence-electron chi connectivity index (χ3n) is 8.08. The Morgan fingerprint density at radius 3 is 2.60 bits per heavy atom. The van der Waals surface area contributed by atoms with E-state index in [1.54, 1.807) is 28.1 Å². The fourth-order valence-corrected chi connectivity index (χ4v) is 5.98. The Kier molecular flexibility index (Phi) is 8.07. The molecule has 2 saturated heterocycles. The Hall–Kier alpha value is -3.92. The molecule has 2 aliphatic rings. The van der Waals surface area contributed by atoms with Gasteiger partial charge in [0, 0.05) is 61.5 Å². The van der Waals surface area contributed by atoms with Gasteiger partial charge in [-0.1, -0.05) is 30.7 Å². The van der Waals surface area contributed by atoms with E-state index in [1.807, 2.05) is 31.3 Å². The first-order chi connectivity index (χ1) is 19.3. The number of rotatable bonds is 7. The van der Waals surface area contributed by atoms with E-state index in [1.165, 1.54) is 7.05 Å². The summed E-state index contributed by atoms with van der Waals surface area (Å²) in [6, 6.07) is 9.13. The van der Waals surface area contributed by atoms with E-state index in [9.17, 15) is 19.2 Å². The maximum Gasteiger partial charge on any atom is 0.272 e. The summed E-state index contributed by atoms with van der Waals surface area (Å²) < 4.78 is 0. The van der Waals surface area contributed by atoms with Gasteiger partial charge in [-0.2, -0.15) is 0 Å². The number of carbonyl (C=O) groups is 4. The highest BCUT2D eigenvalue weighted by Gasteiger charge is 2.48. The standard InChI is InChI=1S/C29H33ClN6O4/c1-3-17-4-7-24(32-10-17)29(40)36-14-19-13-35(16-23(22(19)15-36)28(39)34-12-26(37)31-2)27(38)8-18-11-33-25-9-20(30)5-6-21(18)25/h4-7,9-11,19,22-23,33H,3,8,12-16H2,1-2H3,(H,31,37)(H,34,39). The lowest BCUT2D eigenvalue weighted by atomic mass is 9.79. The molecule has 3 aromatic rings. The fourth-order valence-electron chi connectivity index (χ4n) is 5.81. The highest BCUT2D eigenvalue weighted by molar-refractivity contribution is 6.31. The van der Waals surface area contributed by atoms with Gasteiger partial charge in [-0.05, 0) is 47.6 Å². The molecule has 2 fully saturated rings. The van der Waals surface area contributed by atoms with Crippen molar-refractivity contribution in [1.82, 2.24) is 30.4 Å². The van der Waals surface area contributed by atoms with Crippen LogP contribution in [0.2, 0.25) is 5.02 Å². The van der Waals surface area contributed by atoms with Gasteiger partial charge in [0.1, 0.15) is 5.69 Å². The Morgan fingerprint density at radius 2 is 1.88 bits per heavy atom. The Labute approximate surface area is 237 Å². The number of likely N-dealkylation sites (N-methyl/N-ethyl adjacent to an activating group) is 1. The number of aromatic amines is 1. The second kappa shape index (κ2) is 11.7. The van der Waals surface area contributed by atoms with Crippen LogP contribution in [0.5, 0.6) is 0 Å². The van der Waals surface area contributed by atoms with E-state index in [-0.39, 0.29) is 55.0 Å². The van der Waals surface area contributed by atoms with Gasteiger partial charge < -0.3 is 25.4 Å². The first-order valence-electron chi connectivity index (χ1n) is 13.5. The molecule has 4 heterocycles. The maximum atomic E-state index is 13.5. The Balaban J connectivity index is 1.34. The van der Waals surface area contributed by atoms with E-state index in [0.29, 0.717) is 30.4 Å². The number of piperidine rings is 1. The highest BCUT2D eigenvalue weighted by atomic mass is 35.5. The molecule has 0 bridgehead atoms. The minimum absolute atomic E-state index is 0.0749. The Morgan fingerprint density at radius 1 is 1.07 bits per heavy atom. The smallest absolute Gasteiger partial charge is 0.272 e. The van der Waals surface area contributed by atoms with Crippen LogP contribution in [0.4, 0.5) is 0 Å². The lowest BCUT2D eigenvalue weighted by Gasteiger charge is -2.39. The average molecular weight is 565 g/mol. The highest BCUT2D eigenvalue weighted by Crippen LogP contribution is 2.36. The summed E-state index contributed by atoms with van der Waals surface area (Å²) >= 11 is 6.10. The zero-order valence-electron chi connectivity index (χ0n) is 22.6. The van der Waals surface area contributed by atoms with Crippen molar-refractivity contribution in [2.45, 2.75) is 19.8 Å². The van der Waals surface area contributed by atoms with Gasteiger partial charge in [0.25, 0.3) is 5.91 Å². The minimum atomic E-state index is -0.553. The molecule has 0 saturated carbocycles. The number of nitrogens with zero attached hydrogens (tertiary/aromatic N) is 3. The summed E-state index contributed by atoms with van der Waals surface area (Å²) in [5.74, 6) is -1.65. The molecule has 3 atom stereocenters. The van der Waals surface area contributed by atoms with Crippen LogP contribution in [0.15, 0.2) is 42.7 Å². The number of aryl methyl sites for hydroxylation is 1. The van der Waals surface area contributed by atoms with E-state index in [0.717, 1.165) is 28.5 Å². The first-order valence-corrected chi connectivity index (χ1v) is 13.9. The molecule has 10 nitrogen and oxygen atoms in total. The largest absolute Gasteiger partial charge is 0.361 e. The molecule has 1 aromatic carbocycles. The lowest BCUT2D eigenvalue weighted by Crippen LogP contribution is -2.54. The molecule has 40 heavy (non-hydrogen) atoms. The monoisotopic (exact) mass is 564 g/mol. The minimum Gasteiger partial charge on any atom is -0.361 e. The number of likely N-dealkylation sites (tertiary alicyclic amines) is 2. The summed E-state index contributed by atoms with van der Waals surface area (Å²) in [4.78, 5) is 62.9. The molecule has 4 amide bonds. The summed E-state index contributed by atoms with van der Waals surface area (Å²) in [7, 11) is 1.51. The second-order valence-electron chi connectivity index (χ2n) is 10.5. The van der Waals surface area contributed by atoms with Crippen LogP contribution in [0, 0.1) is 17.8 Å². The van der Waals surface area contributed by atoms with Crippen LogP contribution in [0.1, 0.15) is 28.5 Å². The molecule has 5 rings (SSSR count).